The van der Waals surface area contributed by atoms with Crippen LogP contribution in [-0.4, -0.2) is 51.3 Å². The number of benzene rings is 1. The number of carbonyl (C=O) groups is 1. The maximum absolute atomic E-state index is 11.2. The first-order valence-corrected chi connectivity index (χ1v) is 11.8. The number of imidazole rings is 1. The fraction of sp³-hybridized carbons (Fsp3) is 0.500. The first-order chi connectivity index (χ1) is 15.7. The molecule has 2 aliphatic heterocycles. The highest BCUT2D eigenvalue weighted by Gasteiger charge is 2.41. The van der Waals surface area contributed by atoms with Crippen LogP contribution in [0.25, 0.3) is 22.4 Å². The second-order valence-electron chi connectivity index (χ2n) is 10.5. The van der Waals surface area contributed by atoms with Crippen LogP contribution < -0.4 is 4.90 Å². The van der Waals surface area contributed by atoms with Gasteiger partial charge in [-0.25, -0.2) is 9.97 Å². The third-order valence-corrected chi connectivity index (χ3v) is 7.26. The van der Waals surface area contributed by atoms with Crippen LogP contribution in [0.4, 0.5) is 5.82 Å². The molecular formula is C26H32N4O3. The van der Waals surface area contributed by atoms with Crippen LogP contribution in [0.1, 0.15) is 52.0 Å². The molecule has 0 radical (unpaired) electrons. The molecule has 4 heterocycles. The molecule has 2 aliphatic rings. The van der Waals surface area contributed by atoms with Crippen molar-refractivity contribution in [2.24, 2.45) is 5.92 Å². The van der Waals surface area contributed by atoms with Gasteiger partial charge in [0, 0.05) is 24.8 Å². The average molecular weight is 449 g/mol. The van der Waals surface area contributed by atoms with Gasteiger partial charge >= 0.3 is 5.97 Å². The number of piperidine rings is 1. The quantitative estimate of drug-likeness (QED) is 0.600. The van der Waals surface area contributed by atoms with E-state index >= 15 is 0 Å². The standard InChI is InChI=1S/C26H32N4O3/c1-25(2,3)19-5-6-20-21(14-19)29-23(28-20)17-4-7-22(27-15-17)30-12-10-26(11-13-30)9-8-18(16-33-26)24(31)32/h4-7,14-15,18H,8-13,16H2,1-3H3,(H,28,29)(H,31,32). The Bertz CT molecular complexity index is 1140. The van der Waals surface area contributed by atoms with Gasteiger partial charge < -0.3 is 19.7 Å². The predicted octanol–water partition coefficient (Wildman–Crippen LogP) is 4.77. The van der Waals surface area contributed by atoms with E-state index in [2.05, 4.69) is 61.0 Å². The fourth-order valence-corrected chi connectivity index (χ4v) is 4.92. The highest BCUT2D eigenvalue weighted by atomic mass is 16.5. The molecule has 2 N–H and O–H groups in total. The van der Waals surface area contributed by atoms with Crippen LogP contribution in [0, 0.1) is 5.92 Å². The molecule has 0 saturated carbocycles. The largest absolute Gasteiger partial charge is 0.481 e. The molecule has 33 heavy (non-hydrogen) atoms. The maximum Gasteiger partial charge on any atom is 0.308 e. The van der Waals surface area contributed by atoms with E-state index < -0.39 is 5.97 Å². The van der Waals surface area contributed by atoms with Crippen molar-refractivity contribution in [1.29, 1.82) is 0 Å². The summed E-state index contributed by atoms with van der Waals surface area (Å²) in [5.74, 6) is 0.682. The van der Waals surface area contributed by atoms with Gasteiger partial charge in [-0.1, -0.05) is 26.8 Å². The van der Waals surface area contributed by atoms with Crippen LogP contribution in [-0.2, 0) is 14.9 Å². The number of hydrogen-bond acceptors (Lipinski definition) is 5. The van der Waals surface area contributed by atoms with Crippen molar-refractivity contribution in [3.05, 3.63) is 42.1 Å². The summed E-state index contributed by atoms with van der Waals surface area (Å²) < 4.78 is 6.06. The molecule has 7 nitrogen and oxygen atoms in total. The molecule has 3 aromatic rings. The van der Waals surface area contributed by atoms with Gasteiger partial charge in [0.15, 0.2) is 0 Å². The average Bonchev–Trinajstić information content (AvgIpc) is 3.23. The Labute approximate surface area is 194 Å². The topological polar surface area (TPSA) is 91.3 Å². The van der Waals surface area contributed by atoms with E-state index in [1.54, 1.807) is 0 Å². The van der Waals surface area contributed by atoms with Crippen LogP contribution in [0.5, 0.6) is 0 Å². The fourth-order valence-electron chi connectivity index (χ4n) is 4.92. The summed E-state index contributed by atoms with van der Waals surface area (Å²) in [6, 6.07) is 10.6. The second kappa shape index (κ2) is 8.13. The number of carboxylic acid groups (broad SMARTS) is 1. The zero-order chi connectivity index (χ0) is 23.2. The zero-order valence-corrected chi connectivity index (χ0v) is 19.6. The van der Waals surface area contributed by atoms with Gasteiger partial charge in [-0.2, -0.15) is 0 Å². The number of nitrogens with zero attached hydrogens (tertiary/aromatic N) is 3. The van der Waals surface area contributed by atoms with Crippen LogP contribution >= 0.6 is 0 Å². The minimum absolute atomic E-state index is 0.0875. The van der Waals surface area contributed by atoms with Crippen molar-refractivity contribution >= 4 is 22.8 Å². The summed E-state index contributed by atoms with van der Waals surface area (Å²) in [6.45, 7) is 8.69. The van der Waals surface area contributed by atoms with E-state index in [1.807, 2.05) is 6.20 Å². The van der Waals surface area contributed by atoms with Gasteiger partial charge in [-0.15, -0.1) is 0 Å². The number of aromatic nitrogens is 3. The number of nitrogens with one attached hydrogen (secondary N) is 1. The number of hydrogen-bond donors (Lipinski definition) is 2. The highest BCUT2D eigenvalue weighted by Crippen LogP contribution is 2.38. The first-order valence-electron chi connectivity index (χ1n) is 11.8. The van der Waals surface area contributed by atoms with E-state index in [1.165, 1.54) is 5.56 Å². The van der Waals surface area contributed by atoms with Gasteiger partial charge in [0.2, 0.25) is 0 Å². The number of anilines is 1. The highest BCUT2D eigenvalue weighted by molar-refractivity contribution is 5.80. The molecule has 1 aromatic carbocycles. The minimum Gasteiger partial charge on any atom is -0.481 e. The van der Waals surface area contributed by atoms with Crippen molar-refractivity contribution in [2.45, 2.75) is 57.5 Å². The molecule has 5 rings (SSSR count). The number of H-pyrrole nitrogens is 1. The lowest BCUT2D eigenvalue weighted by Crippen LogP contribution is -2.50. The molecule has 0 aliphatic carbocycles. The molecule has 0 bridgehead atoms. The third-order valence-electron chi connectivity index (χ3n) is 7.26. The van der Waals surface area contributed by atoms with Gasteiger partial charge in [-0.05, 0) is 60.9 Å². The predicted molar refractivity (Wildman–Crippen MR) is 129 cm³/mol. The summed E-state index contributed by atoms with van der Waals surface area (Å²) in [4.78, 5) is 26.4. The maximum atomic E-state index is 11.2. The lowest BCUT2D eigenvalue weighted by Gasteiger charge is -2.45. The van der Waals surface area contributed by atoms with Crippen LogP contribution in [0.15, 0.2) is 36.5 Å². The van der Waals surface area contributed by atoms with Gasteiger partial charge in [-0.3, -0.25) is 4.79 Å². The lowest BCUT2D eigenvalue weighted by atomic mass is 9.82. The monoisotopic (exact) mass is 448 g/mol. The minimum atomic E-state index is -0.745. The Morgan fingerprint density at radius 1 is 1.18 bits per heavy atom. The summed E-state index contributed by atoms with van der Waals surface area (Å²) in [6.07, 6.45) is 5.23. The second-order valence-corrected chi connectivity index (χ2v) is 10.5. The van der Waals surface area contributed by atoms with E-state index in [-0.39, 0.29) is 16.9 Å². The molecule has 2 aromatic heterocycles. The molecular weight excluding hydrogens is 416 g/mol. The Morgan fingerprint density at radius 2 is 1.97 bits per heavy atom. The Hall–Kier alpha value is -2.93. The third kappa shape index (κ3) is 4.34. The van der Waals surface area contributed by atoms with E-state index in [0.717, 1.165) is 60.6 Å². The first kappa shape index (κ1) is 21.9. The summed E-state index contributed by atoms with van der Waals surface area (Å²) in [5.41, 5.74) is 4.16. The molecule has 2 saturated heterocycles. The summed E-state index contributed by atoms with van der Waals surface area (Å²) >= 11 is 0. The molecule has 1 spiro atoms. The number of rotatable bonds is 3. The number of aliphatic carboxylic acids is 1. The summed E-state index contributed by atoms with van der Waals surface area (Å²) in [5, 5.41) is 9.20. The van der Waals surface area contributed by atoms with Crippen molar-refractivity contribution in [1.82, 2.24) is 15.0 Å². The number of fused-ring (bicyclic) bond motifs is 1. The van der Waals surface area contributed by atoms with Crippen LogP contribution in [0.2, 0.25) is 0 Å². The van der Waals surface area contributed by atoms with Gasteiger partial charge in [0.05, 0.1) is 29.2 Å². The molecule has 1 atom stereocenters. The van der Waals surface area contributed by atoms with Crippen LogP contribution in [0.3, 0.4) is 0 Å². The number of aromatic amines is 1. The Kier molecular flexibility index (Phi) is 5.40. The van der Waals surface area contributed by atoms with Crippen molar-refractivity contribution in [2.75, 3.05) is 24.6 Å². The van der Waals surface area contributed by atoms with Crippen molar-refractivity contribution in [3.8, 4) is 11.4 Å². The molecule has 2 fully saturated rings. The summed E-state index contributed by atoms with van der Waals surface area (Å²) in [7, 11) is 0. The SMILES string of the molecule is CC(C)(C)c1ccc2[nH]c(-c3ccc(N4CCC5(CCC(C(=O)O)CO5)CC4)nc3)nc2c1. The lowest BCUT2D eigenvalue weighted by molar-refractivity contribution is -0.158. The normalized spacial score (nSPS) is 20.9. The number of carboxylic acids is 1. The van der Waals surface area contributed by atoms with E-state index in [4.69, 9.17) is 14.7 Å². The number of pyridine rings is 1. The van der Waals surface area contributed by atoms with E-state index in [9.17, 15) is 9.90 Å². The molecule has 7 heteroatoms. The molecule has 0 amide bonds. The smallest absolute Gasteiger partial charge is 0.308 e. The van der Waals surface area contributed by atoms with Gasteiger partial charge in [0.1, 0.15) is 11.6 Å². The molecule has 174 valence electrons. The van der Waals surface area contributed by atoms with Crippen molar-refractivity contribution in [3.63, 3.8) is 0 Å². The number of ether oxygens (including phenoxy) is 1. The Balaban J connectivity index is 1.26. The van der Waals surface area contributed by atoms with Gasteiger partial charge in [0.25, 0.3) is 0 Å². The Morgan fingerprint density at radius 3 is 2.58 bits per heavy atom. The van der Waals surface area contributed by atoms with E-state index in [0.29, 0.717) is 13.0 Å². The molecule has 1 unspecified atom stereocenters. The zero-order valence-electron chi connectivity index (χ0n) is 19.6. The van der Waals surface area contributed by atoms with Crippen molar-refractivity contribution < 1.29 is 14.6 Å².